The van der Waals surface area contributed by atoms with E-state index in [1.54, 1.807) is 28.8 Å². The second-order valence-corrected chi connectivity index (χ2v) is 7.46. The van der Waals surface area contributed by atoms with E-state index in [1.165, 1.54) is 6.20 Å². The average molecular weight is 425 g/mol. The molecule has 2 N–H and O–H groups in total. The van der Waals surface area contributed by atoms with Crippen molar-refractivity contribution in [2.75, 3.05) is 44.7 Å². The molecule has 0 atom stereocenters. The number of carboxylic acids is 1. The number of pyridine rings is 1. The minimum Gasteiger partial charge on any atom is -0.477 e. The van der Waals surface area contributed by atoms with E-state index >= 15 is 4.39 Å². The predicted molar refractivity (Wildman–Crippen MR) is 112 cm³/mol. The third kappa shape index (κ3) is 3.31. The highest BCUT2D eigenvalue weighted by Crippen LogP contribution is 2.44. The molecule has 0 spiro atoms. The Morgan fingerprint density at radius 1 is 1.23 bits per heavy atom. The number of ether oxygens (including phenoxy) is 2. The number of hydrogen-bond acceptors (Lipinski definition) is 6. The van der Waals surface area contributed by atoms with E-state index in [-0.39, 0.29) is 16.8 Å². The van der Waals surface area contributed by atoms with E-state index in [4.69, 9.17) is 9.47 Å². The summed E-state index contributed by atoms with van der Waals surface area (Å²) in [5, 5.41) is 12.5. The summed E-state index contributed by atoms with van der Waals surface area (Å²) in [7, 11) is 0. The number of fused-ring (bicyclic) bond motifs is 2. The van der Waals surface area contributed by atoms with E-state index in [2.05, 4.69) is 10.2 Å². The standard InChI is InChI=1S/C22H20FN3O5/c23-15-11-13-19-21(18(15)24-5-6-25-7-9-30-10-8-25)31-17-4-2-1-3-16(17)26(19)12-14(20(13)27)22(28)29/h1-4,11-12,24H,5-10H2,(H,28,29). The maximum Gasteiger partial charge on any atom is 0.341 e. The Morgan fingerprint density at radius 3 is 2.77 bits per heavy atom. The maximum absolute atomic E-state index is 15.1. The molecule has 1 saturated heterocycles. The maximum atomic E-state index is 15.1. The Balaban J connectivity index is 1.63. The summed E-state index contributed by atoms with van der Waals surface area (Å²) in [6.45, 7) is 4.15. The molecule has 160 valence electrons. The molecule has 2 aliphatic rings. The summed E-state index contributed by atoms with van der Waals surface area (Å²) in [4.78, 5) is 26.6. The quantitative estimate of drug-likeness (QED) is 0.508. The number of benzene rings is 2. The van der Waals surface area contributed by atoms with Gasteiger partial charge in [0.25, 0.3) is 0 Å². The van der Waals surface area contributed by atoms with Crippen molar-refractivity contribution in [3.8, 4) is 17.2 Å². The minimum absolute atomic E-state index is 0.0411. The van der Waals surface area contributed by atoms with Gasteiger partial charge in [-0.15, -0.1) is 0 Å². The Hall–Kier alpha value is -3.43. The van der Waals surface area contributed by atoms with Crippen LogP contribution < -0.4 is 15.5 Å². The zero-order valence-corrected chi connectivity index (χ0v) is 16.6. The second-order valence-electron chi connectivity index (χ2n) is 7.46. The first kappa shape index (κ1) is 19.5. The molecule has 5 rings (SSSR count). The lowest BCUT2D eigenvalue weighted by molar-refractivity contribution is 0.0398. The minimum atomic E-state index is -1.37. The van der Waals surface area contributed by atoms with E-state index in [1.807, 2.05) is 0 Å². The third-order valence-corrected chi connectivity index (χ3v) is 5.60. The highest BCUT2D eigenvalue weighted by molar-refractivity contribution is 5.98. The molecule has 0 radical (unpaired) electrons. The molecule has 3 aromatic rings. The van der Waals surface area contributed by atoms with Crippen LogP contribution in [0.2, 0.25) is 0 Å². The number of rotatable bonds is 5. The molecule has 8 nitrogen and oxygen atoms in total. The van der Waals surface area contributed by atoms with Gasteiger partial charge in [-0.25, -0.2) is 9.18 Å². The van der Waals surface area contributed by atoms with E-state index in [0.717, 1.165) is 19.2 Å². The Kier molecular flexibility index (Phi) is 4.84. The third-order valence-electron chi connectivity index (χ3n) is 5.60. The molecule has 31 heavy (non-hydrogen) atoms. The lowest BCUT2D eigenvalue weighted by Crippen LogP contribution is -2.39. The van der Waals surface area contributed by atoms with Crippen LogP contribution in [0, 0.1) is 5.82 Å². The van der Waals surface area contributed by atoms with Crippen LogP contribution in [0.4, 0.5) is 10.1 Å². The molecule has 0 unspecified atom stereocenters. The number of para-hydroxylation sites is 2. The van der Waals surface area contributed by atoms with Crippen molar-refractivity contribution in [3.05, 3.63) is 58.1 Å². The van der Waals surface area contributed by atoms with Gasteiger partial charge in [0.1, 0.15) is 16.8 Å². The molecule has 2 aliphatic heterocycles. The highest BCUT2D eigenvalue weighted by atomic mass is 19.1. The zero-order valence-electron chi connectivity index (χ0n) is 16.6. The topological polar surface area (TPSA) is 93.0 Å². The number of nitrogens with zero attached hydrogens (tertiary/aromatic N) is 2. The molecule has 3 heterocycles. The summed E-state index contributed by atoms with van der Waals surface area (Å²) in [6.07, 6.45) is 1.27. The van der Waals surface area contributed by atoms with Crippen LogP contribution in [-0.4, -0.2) is 59.9 Å². The smallest absolute Gasteiger partial charge is 0.341 e. The Labute approximate surface area is 176 Å². The van der Waals surface area contributed by atoms with E-state index < -0.39 is 22.8 Å². The Bertz CT molecular complexity index is 1250. The fraction of sp³-hybridized carbons (Fsp3) is 0.273. The number of aromatic carboxylic acids is 1. The Morgan fingerprint density at radius 2 is 2.00 bits per heavy atom. The first-order chi connectivity index (χ1) is 15.0. The first-order valence-electron chi connectivity index (χ1n) is 10.0. The number of anilines is 1. The van der Waals surface area contributed by atoms with E-state index in [9.17, 15) is 14.7 Å². The molecule has 0 saturated carbocycles. The number of halogens is 1. The molecule has 9 heteroatoms. The van der Waals surface area contributed by atoms with E-state index in [0.29, 0.717) is 43.3 Å². The van der Waals surface area contributed by atoms with Crippen molar-refractivity contribution in [3.63, 3.8) is 0 Å². The van der Waals surface area contributed by atoms with Crippen molar-refractivity contribution in [2.24, 2.45) is 0 Å². The van der Waals surface area contributed by atoms with Crippen LogP contribution in [0.3, 0.4) is 0 Å². The van der Waals surface area contributed by atoms with Crippen molar-refractivity contribution in [1.29, 1.82) is 0 Å². The highest BCUT2D eigenvalue weighted by Gasteiger charge is 2.28. The summed E-state index contributed by atoms with van der Waals surface area (Å²) >= 11 is 0. The monoisotopic (exact) mass is 425 g/mol. The van der Waals surface area contributed by atoms with Gasteiger partial charge < -0.3 is 24.5 Å². The summed E-state index contributed by atoms with van der Waals surface area (Å²) < 4.78 is 28.0. The van der Waals surface area contributed by atoms with Gasteiger partial charge in [-0.3, -0.25) is 9.69 Å². The predicted octanol–water partition coefficient (Wildman–Crippen LogP) is 2.68. The van der Waals surface area contributed by atoms with Gasteiger partial charge >= 0.3 is 5.97 Å². The number of carboxylic acid groups (broad SMARTS) is 1. The first-order valence-corrected chi connectivity index (χ1v) is 10.0. The number of morpholine rings is 1. The molecular formula is C22H20FN3O5. The summed E-state index contributed by atoms with van der Waals surface area (Å²) in [5.41, 5.74) is -0.117. The van der Waals surface area contributed by atoms with Gasteiger partial charge in [-0.1, -0.05) is 12.1 Å². The van der Waals surface area contributed by atoms with Crippen molar-refractivity contribution < 1.29 is 23.8 Å². The van der Waals surface area contributed by atoms with Gasteiger partial charge in [0, 0.05) is 32.4 Å². The number of nitrogens with one attached hydrogen (secondary N) is 1. The van der Waals surface area contributed by atoms with Crippen molar-refractivity contribution >= 4 is 22.6 Å². The molecule has 1 fully saturated rings. The molecule has 0 aliphatic carbocycles. The lowest BCUT2D eigenvalue weighted by Gasteiger charge is -2.28. The SMILES string of the molecule is O=C(O)c1cn2c3c(c(NCCN4CCOCC4)c(F)cc3c1=O)Oc1ccccc1-2. The fourth-order valence-corrected chi connectivity index (χ4v) is 4.05. The van der Waals surface area contributed by atoms with Crippen LogP contribution in [0.1, 0.15) is 10.4 Å². The lowest BCUT2D eigenvalue weighted by atomic mass is 10.1. The van der Waals surface area contributed by atoms with Crippen molar-refractivity contribution in [2.45, 2.75) is 0 Å². The molecule has 2 aromatic carbocycles. The van der Waals surface area contributed by atoms with Gasteiger partial charge in [0.05, 0.1) is 24.3 Å². The van der Waals surface area contributed by atoms with Gasteiger partial charge in [0.15, 0.2) is 17.3 Å². The molecule has 0 bridgehead atoms. The van der Waals surface area contributed by atoms with Gasteiger partial charge in [-0.2, -0.15) is 0 Å². The summed E-state index contributed by atoms with van der Waals surface area (Å²) in [5.74, 6) is -1.42. The molecule has 1 aromatic heterocycles. The van der Waals surface area contributed by atoms with Crippen LogP contribution in [0.15, 0.2) is 41.3 Å². The average Bonchev–Trinajstić information content (AvgIpc) is 2.77. The van der Waals surface area contributed by atoms with Gasteiger partial charge in [-0.05, 0) is 18.2 Å². The normalized spacial score (nSPS) is 15.4. The summed E-state index contributed by atoms with van der Waals surface area (Å²) in [6, 6.07) is 8.10. The number of hydrogen-bond donors (Lipinski definition) is 2. The van der Waals surface area contributed by atoms with Gasteiger partial charge in [0.2, 0.25) is 5.43 Å². The van der Waals surface area contributed by atoms with Crippen molar-refractivity contribution in [1.82, 2.24) is 9.47 Å². The van der Waals surface area contributed by atoms with Crippen LogP contribution >= 0.6 is 0 Å². The van der Waals surface area contributed by atoms with Crippen LogP contribution in [0.25, 0.3) is 16.6 Å². The molecular weight excluding hydrogens is 405 g/mol. The number of aromatic nitrogens is 1. The second kappa shape index (κ2) is 7.68. The fourth-order valence-electron chi connectivity index (χ4n) is 4.05. The van der Waals surface area contributed by atoms with Crippen LogP contribution in [-0.2, 0) is 4.74 Å². The zero-order chi connectivity index (χ0) is 21.5. The largest absolute Gasteiger partial charge is 0.477 e. The number of carbonyl (C=O) groups is 1. The molecule has 0 amide bonds. The van der Waals surface area contributed by atoms with Crippen LogP contribution in [0.5, 0.6) is 11.5 Å².